The molecule has 7 heteroatoms. The van der Waals surface area contributed by atoms with Crippen molar-refractivity contribution in [3.05, 3.63) is 24.0 Å². The van der Waals surface area contributed by atoms with Crippen LogP contribution >= 0.6 is 0 Å². The number of anilines is 1. The Morgan fingerprint density at radius 3 is 2.47 bits per heavy atom. The van der Waals surface area contributed by atoms with Crippen molar-refractivity contribution in [3.63, 3.8) is 0 Å². The van der Waals surface area contributed by atoms with E-state index in [4.69, 9.17) is 10.9 Å². The summed E-state index contributed by atoms with van der Waals surface area (Å²) in [6.45, 7) is 5.13. The SMILES string of the molecule is CC(C)(CCN)CNc1ccc(S(N)(=O)=O)cc1F. The second-order valence-electron chi connectivity index (χ2n) is 5.24. The molecule has 0 aliphatic rings. The number of hydrogen-bond donors (Lipinski definition) is 3. The second kappa shape index (κ2) is 5.85. The first kappa shape index (κ1) is 15.9. The fraction of sp³-hybridized carbons (Fsp3) is 0.500. The third-order valence-electron chi connectivity index (χ3n) is 2.85. The van der Waals surface area contributed by atoms with E-state index in [0.717, 1.165) is 12.5 Å². The number of nitrogens with one attached hydrogen (secondary N) is 1. The maximum absolute atomic E-state index is 13.7. The summed E-state index contributed by atoms with van der Waals surface area (Å²) in [6, 6.07) is 3.55. The highest BCUT2D eigenvalue weighted by atomic mass is 32.2. The maximum Gasteiger partial charge on any atom is 0.238 e. The van der Waals surface area contributed by atoms with E-state index in [0.29, 0.717) is 13.1 Å². The van der Waals surface area contributed by atoms with E-state index < -0.39 is 15.8 Å². The van der Waals surface area contributed by atoms with Gasteiger partial charge in [-0.05, 0) is 36.6 Å². The minimum absolute atomic E-state index is 0.0696. The molecular weight excluding hydrogens is 269 g/mol. The fourth-order valence-corrected chi connectivity index (χ4v) is 2.16. The van der Waals surface area contributed by atoms with Crippen molar-refractivity contribution in [2.45, 2.75) is 25.2 Å². The average molecular weight is 289 g/mol. The lowest BCUT2D eigenvalue weighted by Crippen LogP contribution is -2.26. The molecule has 0 aliphatic heterocycles. The van der Waals surface area contributed by atoms with Gasteiger partial charge in [-0.3, -0.25) is 0 Å². The monoisotopic (exact) mass is 289 g/mol. The maximum atomic E-state index is 13.7. The average Bonchev–Trinajstić information content (AvgIpc) is 2.26. The molecule has 19 heavy (non-hydrogen) atoms. The molecule has 0 aliphatic carbocycles. The summed E-state index contributed by atoms with van der Waals surface area (Å²) in [5.74, 6) is -0.643. The Bertz CT molecular complexity index is 544. The molecular formula is C12H20FN3O2S. The summed E-state index contributed by atoms with van der Waals surface area (Å²) in [7, 11) is -3.88. The fourth-order valence-electron chi connectivity index (χ4n) is 1.63. The van der Waals surface area contributed by atoms with Gasteiger partial charge in [-0.15, -0.1) is 0 Å². The second-order valence-corrected chi connectivity index (χ2v) is 6.80. The zero-order valence-electron chi connectivity index (χ0n) is 11.1. The van der Waals surface area contributed by atoms with Gasteiger partial charge < -0.3 is 11.1 Å². The highest BCUT2D eigenvalue weighted by Gasteiger charge is 2.18. The first-order valence-corrected chi connectivity index (χ1v) is 7.47. The van der Waals surface area contributed by atoms with E-state index in [1.165, 1.54) is 12.1 Å². The van der Waals surface area contributed by atoms with E-state index in [2.05, 4.69) is 5.32 Å². The van der Waals surface area contributed by atoms with Crippen LogP contribution in [0, 0.1) is 11.2 Å². The van der Waals surface area contributed by atoms with Crippen molar-refractivity contribution < 1.29 is 12.8 Å². The Balaban J connectivity index is 2.82. The molecule has 0 heterocycles. The van der Waals surface area contributed by atoms with Crippen LogP contribution in [0.25, 0.3) is 0 Å². The predicted molar refractivity (Wildman–Crippen MR) is 73.7 cm³/mol. The van der Waals surface area contributed by atoms with Crippen LogP contribution in [0.1, 0.15) is 20.3 Å². The molecule has 0 saturated carbocycles. The number of nitrogens with two attached hydrogens (primary N) is 2. The third kappa shape index (κ3) is 4.77. The molecule has 0 amide bonds. The van der Waals surface area contributed by atoms with Crippen LogP contribution in [0.4, 0.5) is 10.1 Å². The Labute approximate surface area is 113 Å². The quantitative estimate of drug-likeness (QED) is 0.734. The number of benzene rings is 1. The lowest BCUT2D eigenvalue weighted by molar-refractivity contribution is 0.364. The summed E-state index contributed by atoms with van der Waals surface area (Å²) in [4.78, 5) is -0.239. The van der Waals surface area contributed by atoms with E-state index in [-0.39, 0.29) is 16.0 Å². The van der Waals surface area contributed by atoms with Gasteiger partial charge in [-0.2, -0.15) is 0 Å². The summed E-state index contributed by atoms with van der Waals surface area (Å²) >= 11 is 0. The van der Waals surface area contributed by atoms with Gasteiger partial charge in [0.2, 0.25) is 10.0 Å². The molecule has 0 spiro atoms. The topological polar surface area (TPSA) is 98.2 Å². The van der Waals surface area contributed by atoms with Crippen LogP contribution < -0.4 is 16.2 Å². The highest BCUT2D eigenvalue weighted by Crippen LogP contribution is 2.23. The Kier molecular flexibility index (Phi) is 4.89. The molecule has 5 nitrogen and oxygen atoms in total. The molecule has 0 unspecified atom stereocenters. The summed E-state index contributed by atoms with van der Waals surface area (Å²) in [6.07, 6.45) is 0.802. The van der Waals surface area contributed by atoms with E-state index in [9.17, 15) is 12.8 Å². The summed E-state index contributed by atoms with van der Waals surface area (Å²) < 4.78 is 35.9. The molecule has 0 radical (unpaired) electrons. The molecule has 1 rings (SSSR count). The minimum Gasteiger partial charge on any atom is -0.382 e. The van der Waals surface area contributed by atoms with Crippen LogP contribution in [0.5, 0.6) is 0 Å². The normalized spacial score (nSPS) is 12.5. The Hall–Kier alpha value is -1.18. The van der Waals surface area contributed by atoms with Crippen molar-refractivity contribution in [2.24, 2.45) is 16.3 Å². The Morgan fingerprint density at radius 2 is 2.00 bits per heavy atom. The lowest BCUT2D eigenvalue weighted by atomic mass is 9.89. The van der Waals surface area contributed by atoms with Gasteiger partial charge in [0.25, 0.3) is 0 Å². The van der Waals surface area contributed by atoms with Crippen molar-refractivity contribution in [1.29, 1.82) is 0 Å². The first-order valence-electron chi connectivity index (χ1n) is 5.92. The Morgan fingerprint density at radius 1 is 1.37 bits per heavy atom. The number of primary sulfonamides is 1. The van der Waals surface area contributed by atoms with Crippen LogP contribution in [0.2, 0.25) is 0 Å². The van der Waals surface area contributed by atoms with Crippen molar-refractivity contribution in [3.8, 4) is 0 Å². The number of sulfonamides is 1. The van der Waals surface area contributed by atoms with Crippen LogP contribution in [-0.2, 0) is 10.0 Å². The number of halogens is 1. The van der Waals surface area contributed by atoms with Crippen LogP contribution in [0.15, 0.2) is 23.1 Å². The van der Waals surface area contributed by atoms with Crippen molar-refractivity contribution in [2.75, 3.05) is 18.4 Å². The molecule has 0 atom stereocenters. The number of rotatable bonds is 6. The standard InChI is InChI=1S/C12H20FN3O2S/c1-12(2,5-6-14)8-16-11-4-3-9(7-10(11)13)19(15,17)18/h3-4,7,16H,5-6,8,14H2,1-2H3,(H2,15,17,18). The predicted octanol–water partition coefficient (Wildman–Crippen LogP) is 1.26. The molecule has 0 saturated heterocycles. The largest absolute Gasteiger partial charge is 0.382 e. The van der Waals surface area contributed by atoms with Gasteiger partial charge in [-0.1, -0.05) is 13.8 Å². The lowest BCUT2D eigenvalue weighted by Gasteiger charge is -2.25. The molecule has 0 bridgehead atoms. The summed E-state index contributed by atoms with van der Waals surface area (Å²) in [5.41, 5.74) is 5.68. The molecule has 1 aromatic rings. The van der Waals surface area contributed by atoms with Gasteiger partial charge in [-0.25, -0.2) is 17.9 Å². The molecule has 5 N–H and O–H groups in total. The van der Waals surface area contributed by atoms with E-state index in [1.807, 2.05) is 13.8 Å². The molecule has 108 valence electrons. The van der Waals surface area contributed by atoms with Gasteiger partial charge in [0, 0.05) is 6.54 Å². The van der Waals surface area contributed by atoms with Gasteiger partial charge in [0.15, 0.2) is 0 Å². The molecule has 0 fully saturated rings. The van der Waals surface area contributed by atoms with Crippen molar-refractivity contribution >= 4 is 15.7 Å². The zero-order valence-corrected chi connectivity index (χ0v) is 11.9. The van der Waals surface area contributed by atoms with Gasteiger partial charge in [0.05, 0.1) is 10.6 Å². The van der Waals surface area contributed by atoms with E-state index in [1.54, 1.807) is 0 Å². The zero-order chi connectivity index (χ0) is 14.7. The number of hydrogen-bond acceptors (Lipinski definition) is 4. The highest BCUT2D eigenvalue weighted by molar-refractivity contribution is 7.89. The van der Waals surface area contributed by atoms with Crippen LogP contribution in [0.3, 0.4) is 0 Å². The third-order valence-corrected chi connectivity index (χ3v) is 3.76. The molecule has 1 aromatic carbocycles. The van der Waals surface area contributed by atoms with Crippen molar-refractivity contribution in [1.82, 2.24) is 0 Å². The molecule has 0 aromatic heterocycles. The van der Waals surface area contributed by atoms with Gasteiger partial charge >= 0.3 is 0 Å². The van der Waals surface area contributed by atoms with Crippen LogP contribution in [-0.4, -0.2) is 21.5 Å². The smallest absolute Gasteiger partial charge is 0.238 e. The summed E-state index contributed by atoms with van der Waals surface area (Å²) in [5, 5.41) is 7.88. The first-order chi connectivity index (χ1) is 8.65. The van der Waals surface area contributed by atoms with Gasteiger partial charge in [0.1, 0.15) is 5.82 Å². The minimum atomic E-state index is -3.88. The van der Waals surface area contributed by atoms with E-state index >= 15 is 0 Å².